The van der Waals surface area contributed by atoms with Crippen molar-refractivity contribution in [3.8, 4) is 0 Å². The fourth-order valence-electron chi connectivity index (χ4n) is 3.50. The van der Waals surface area contributed by atoms with Gasteiger partial charge in [-0.15, -0.1) is 0 Å². The van der Waals surface area contributed by atoms with E-state index in [-0.39, 0.29) is 17.0 Å². The standard InChI is InChI=1S/C21H25F3O5/c1-10(19(25)28-6)7-14-15(21(14,3)4)20(26)29-9-12-11(2)16(22)13(8-27-5)18(24)17(12)23/h7,14-15H,8-9H2,1-6H3. The molecule has 8 heteroatoms. The molecule has 1 aliphatic rings. The van der Waals surface area contributed by atoms with Crippen molar-refractivity contribution in [1.29, 1.82) is 0 Å². The Morgan fingerprint density at radius 3 is 2.17 bits per heavy atom. The number of rotatable bonds is 7. The topological polar surface area (TPSA) is 61.8 Å². The summed E-state index contributed by atoms with van der Waals surface area (Å²) in [5, 5.41) is 0. The summed E-state index contributed by atoms with van der Waals surface area (Å²) in [6, 6.07) is 0. The van der Waals surface area contributed by atoms with Crippen molar-refractivity contribution in [3.05, 3.63) is 45.8 Å². The third-order valence-electron chi connectivity index (χ3n) is 5.52. The van der Waals surface area contributed by atoms with Crippen LogP contribution in [0.2, 0.25) is 0 Å². The molecule has 1 fully saturated rings. The summed E-state index contributed by atoms with van der Waals surface area (Å²) in [5.74, 6) is -5.52. The Hall–Kier alpha value is -2.35. The number of benzene rings is 1. The molecule has 1 saturated carbocycles. The summed E-state index contributed by atoms with van der Waals surface area (Å²) in [6.45, 7) is 5.50. The number of halogens is 3. The summed E-state index contributed by atoms with van der Waals surface area (Å²) in [4.78, 5) is 24.0. The molecule has 1 aliphatic carbocycles. The van der Waals surface area contributed by atoms with E-state index in [0.717, 1.165) is 0 Å². The monoisotopic (exact) mass is 414 g/mol. The predicted molar refractivity (Wildman–Crippen MR) is 98.1 cm³/mol. The normalized spacial score (nSPS) is 20.4. The van der Waals surface area contributed by atoms with Crippen molar-refractivity contribution in [1.82, 2.24) is 0 Å². The van der Waals surface area contributed by atoms with E-state index in [4.69, 9.17) is 9.47 Å². The van der Waals surface area contributed by atoms with Crippen molar-refractivity contribution >= 4 is 11.9 Å². The van der Waals surface area contributed by atoms with Gasteiger partial charge in [0.15, 0.2) is 11.6 Å². The third-order valence-corrected chi connectivity index (χ3v) is 5.52. The maximum atomic E-state index is 14.4. The molecule has 5 nitrogen and oxygen atoms in total. The van der Waals surface area contributed by atoms with Gasteiger partial charge in [0.05, 0.1) is 25.2 Å². The van der Waals surface area contributed by atoms with E-state index >= 15 is 0 Å². The number of methoxy groups -OCH3 is 2. The first-order chi connectivity index (χ1) is 13.5. The number of hydrogen-bond acceptors (Lipinski definition) is 5. The van der Waals surface area contributed by atoms with Crippen LogP contribution >= 0.6 is 0 Å². The van der Waals surface area contributed by atoms with Gasteiger partial charge in [-0.05, 0) is 30.7 Å². The van der Waals surface area contributed by atoms with Gasteiger partial charge in [0, 0.05) is 18.2 Å². The Bertz CT molecular complexity index is 831. The average molecular weight is 414 g/mol. The SMILES string of the molecule is COCc1c(F)c(C)c(COC(=O)C2C(C=C(C)C(=O)OC)C2(C)C)c(F)c1F. The molecular formula is C21H25F3O5. The molecule has 0 heterocycles. The van der Waals surface area contributed by atoms with Crippen LogP contribution in [-0.2, 0) is 37.0 Å². The van der Waals surface area contributed by atoms with Crippen LogP contribution in [0.1, 0.15) is 37.5 Å². The lowest BCUT2D eigenvalue weighted by molar-refractivity contribution is -0.147. The predicted octanol–water partition coefficient (Wildman–Crippen LogP) is 3.99. The van der Waals surface area contributed by atoms with E-state index in [0.29, 0.717) is 5.57 Å². The van der Waals surface area contributed by atoms with E-state index in [9.17, 15) is 22.8 Å². The Labute approximate surface area is 167 Å². The fourth-order valence-corrected chi connectivity index (χ4v) is 3.50. The highest BCUT2D eigenvalue weighted by Crippen LogP contribution is 2.60. The molecule has 2 atom stereocenters. The molecule has 29 heavy (non-hydrogen) atoms. The summed E-state index contributed by atoms with van der Waals surface area (Å²) >= 11 is 0. The second-order valence-electron chi connectivity index (χ2n) is 7.73. The first-order valence-electron chi connectivity index (χ1n) is 9.06. The van der Waals surface area contributed by atoms with E-state index in [1.54, 1.807) is 13.0 Å². The first-order valence-corrected chi connectivity index (χ1v) is 9.06. The molecule has 0 aromatic heterocycles. The maximum Gasteiger partial charge on any atom is 0.333 e. The molecule has 1 aromatic rings. The van der Waals surface area contributed by atoms with Crippen LogP contribution in [0.3, 0.4) is 0 Å². The van der Waals surface area contributed by atoms with Gasteiger partial charge in [-0.25, -0.2) is 18.0 Å². The summed E-state index contributed by atoms with van der Waals surface area (Å²) < 4.78 is 57.4. The number of hydrogen-bond donors (Lipinski definition) is 0. The maximum absolute atomic E-state index is 14.4. The van der Waals surface area contributed by atoms with Gasteiger partial charge >= 0.3 is 11.9 Å². The lowest BCUT2D eigenvalue weighted by atomic mass is 10.0. The molecule has 0 radical (unpaired) electrons. The molecule has 2 unspecified atom stereocenters. The number of allylic oxidation sites excluding steroid dienone is 1. The smallest absolute Gasteiger partial charge is 0.333 e. The minimum Gasteiger partial charge on any atom is -0.466 e. The van der Waals surface area contributed by atoms with E-state index in [2.05, 4.69) is 4.74 Å². The number of carbonyl (C=O) groups is 2. The minimum atomic E-state index is -1.36. The lowest BCUT2D eigenvalue weighted by Gasteiger charge is -2.14. The van der Waals surface area contributed by atoms with Gasteiger partial charge in [0.1, 0.15) is 12.4 Å². The molecular weight excluding hydrogens is 389 g/mol. The van der Waals surface area contributed by atoms with Crippen molar-refractivity contribution < 1.29 is 37.0 Å². The number of ether oxygens (including phenoxy) is 3. The zero-order chi connectivity index (χ0) is 22.1. The molecule has 0 amide bonds. The molecule has 2 rings (SSSR count). The van der Waals surface area contributed by atoms with Crippen LogP contribution in [-0.4, -0.2) is 26.2 Å². The van der Waals surface area contributed by atoms with Crippen LogP contribution in [0.15, 0.2) is 11.6 Å². The molecule has 1 aromatic carbocycles. The molecule has 160 valence electrons. The Morgan fingerprint density at radius 1 is 1.03 bits per heavy atom. The Morgan fingerprint density at radius 2 is 1.62 bits per heavy atom. The van der Waals surface area contributed by atoms with Crippen molar-refractivity contribution in [2.45, 2.75) is 40.9 Å². The summed E-state index contributed by atoms with van der Waals surface area (Å²) in [5.41, 5.74) is -1.12. The molecule has 0 saturated heterocycles. The largest absolute Gasteiger partial charge is 0.466 e. The number of carbonyl (C=O) groups excluding carboxylic acids is 2. The van der Waals surface area contributed by atoms with Crippen molar-refractivity contribution in [3.63, 3.8) is 0 Å². The fraction of sp³-hybridized carbons (Fsp3) is 0.524. The van der Waals surface area contributed by atoms with Crippen molar-refractivity contribution in [2.24, 2.45) is 17.3 Å². The summed E-state index contributed by atoms with van der Waals surface area (Å²) in [6.07, 6.45) is 1.64. The highest BCUT2D eigenvalue weighted by Gasteiger charge is 2.61. The van der Waals surface area contributed by atoms with Gasteiger partial charge in [-0.2, -0.15) is 0 Å². The van der Waals surface area contributed by atoms with Gasteiger partial charge in [-0.1, -0.05) is 19.9 Å². The van der Waals surface area contributed by atoms with Crippen LogP contribution < -0.4 is 0 Å². The van der Waals surface area contributed by atoms with Crippen LogP contribution in [0.5, 0.6) is 0 Å². The van der Waals surface area contributed by atoms with Gasteiger partial charge in [0.25, 0.3) is 0 Å². The van der Waals surface area contributed by atoms with Gasteiger partial charge < -0.3 is 14.2 Å². The van der Waals surface area contributed by atoms with Gasteiger partial charge in [-0.3, -0.25) is 4.79 Å². The average Bonchev–Trinajstić information content (AvgIpc) is 3.22. The quantitative estimate of drug-likeness (QED) is 0.384. The van der Waals surface area contributed by atoms with Crippen LogP contribution in [0.4, 0.5) is 13.2 Å². The lowest BCUT2D eigenvalue weighted by Crippen LogP contribution is -2.14. The zero-order valence-corrected chi connectivity index (χ0v) is 17.3. The molecule has 0 spiro atoms. The third kappa shape index (κ3) is 4.32. The number of esters is 2. The highest BCUT2D eigenvalue weighted by atomic mass is 19.2. The van der Waals surface area contributed by atoms with E-state index < -0.39 is 59.5 Å². The molecule has 0 N–H and O–H groups in total. The van der Waals surface area contributed by atoms with E-state index in [1.165, 1.54) is 21.1 Å². The van der Waals surface area contributed by atoms with Crippen LogP contribution in [0, 0.1) is 41.6 Å². The van der Waals surface area contributed by atoms with Crippen LogP contribution in [0.25, 0.3) is 0 Å². The Kier molecular flexibility index (Phi) is 6.78. The first kappa shape index (κ1) is 22.9. The second kappa shape index (κ2) is 8.57. The molecule has 0 bridgehead atoms. The summed E-state index contributed by atoms with van der Waals surface area (Å²) in [7, 11) is 2.50. The highest BCUT2D eigenvalue weighted by molar-refractivity contribution is 5.88. The Balaban J connectivity index is 2.17. The van der Waals surface area contributed by atoms with Gasteiger partial charge in [0.2, 0.25) is 0 Å². The zero-order valence-electron chi connectivity index (χ0n) is 17.3. The minimum absolute atomic E-state index is 0.142. The van der Waals surface area contributed by atoms with E-state index in [1.807, 2.05) is 13.8 Å². The van der Waals surface area contributed by atoms with Crippen molar-refractivity contribution in [2.75, 3.05) is 14.2 Å². The molecule has 0 aliphatic heterocycles. The second-order valence-corrected chi connectivity index (χ2v) is 7.73.